The zero-order valence-electron chi connectivity index (χ0n) is 10.2. The summed E-state index contributed by atoms with van der Waals surface area (Å²) in [6.07, 6.45) is 0. The number of halogens is 2. The molecule has 0 aliphatic heterocycles. The van der Waals surface area contributed by atoms with E-state index in [9.17, 15) is 0 Å². The van der Waals surface area contributed by atoms with E-state index in [-0.39, 0.29) is 0 Å². The monoisotopic (exact) mass is 305 g/mol. The molecular weight excluding hydrogens is 297 g/mol. The Hall–Kier alpha value is -2.11. The Morgan fingerprint density at radius 2 is 1.80 bits per heavy atom. The van der Waals surface area contributed by atoms with Gasteiger partial charge in [-0.15, -0.1) is 5.10 Å². The van der Waals surface area contributed by atoms with Crippen molar-refractivity contribution >= 4 is 28.9 Å². The van der Waals surface area contributed by atoms with E-state index in [1.807, 2.05) is 12.1 Å². The van der Waals surface area contributed by atoms with E-state index in [1.165, 1.54) is 0 Å². The minimum atomic E-state index is 0.507. The van der Waals surface area contributed by atoms with Crippen LogP contribution in [-0.4, -0.2) is 20.2 Å². The second-order valence-electron chi connectivity index (χ2n) is 4.13. The van der Waals surface area contributed by atoms with Crippen LogP contribution in [0.25, 0.3) is 17.1 Å². The van der Waals surface area contributed by atoms with Gasteiger partial charge in [-0.2, -0.15) is 4.68 Å². The van der Waals surface area contributed by atoms with Crippen LogP contribution in [-0.2, 0) is 0 Å². The molecule has 3 rings (SSSR count). The molecular formula is C13H9Cl2N5. The van der Waals surface area contributed by atoms with E-state index in [0.29, 0.717) is 27.1 Å². The molecule has 20 heavy (non-hydrogen) atoms. The Kier molecular flexibility index (Phi) is 3.30. The summed E-state index contributed by atoms with van der Waals surface area (Å²) in [4.78, 5) is 0. The van der Waals surface area contributed by atoms with Gasteiger partial charge in [-0.1, -0.05) is 29.3 Å². The minimum absolute atomic E-state index is 0.507. The lowest BCUT2D eigenvalue weighted by Crippen LogP contribution is -2.01. The van der Waals surface area contributed by atoms with E-state index < -0.39 is 0 Å². The molecule has 2 N–H and O–H groups in total. The number of tetrazole rings is 1. The molecule has 0 aliphatic rings. The van der Waals surface area contributed by atoms with Crippen molar-refractivity contribution in [3.63, 3.8) is 0 Å². The Morgan fingerprint density at radius 3 is 2.60 bits per heavy atom. The summed E-state index contributed by atoms with van der Waals surface area (Å²) in [6, 6.07) is 12.4. The van der Waals surface area contributed by atoms with E-state index in [1.54, 1.807) is 35.0 Å². The number of nitrogens with two attached hydrogens (primary N) is 1. The largest absolute Gasteiger partial charge is 0.398 e. The first-order valence-corrected chi connectivity index (χ1v) is 6.50. The fourth-order valence-corrected chi connectivity index (χ4v) is 2.22. The van der Waals surface area contributed by atoms with Gasteiger partial charge in [0, 0.05) is 21.3 Å². The minimum Gasteiger partial charge on any atom is -0.398 e. The van der Waals surface area contributed by atoms with Gasteiger partial charge in [0.25, 0.3) is 0 Å². The summed E-state index contributed by atoms with van der Waals surface area (Å²) >= 11 is 12.0. The molecule has 0 amide bonds. The fourth-order valence-electron chi connectivity index (χ4n) is 1.86. The smallest absolute Gasteiger partial charge is 0.189 e. The van der Waals surface area contributed by atoms with Gasteiger partial charge < -0.3 is 5.73 Å². The molecule has 0 saturated heterocycles. The molecule has 7 heteroatoms. The number of nitrogens with zero attached hydrogens (tertiary/aromatic N) is 4. The highest BCUT2D eigenvalue weighted by atomic mass is 35.5. The number of nitrogen functional groups attached to an aromatic ring is 1. The predicted molar refractivity (Wildman–Crippen MR) is 79.0 cm³/mol. The summed E-state index contributed by atoms with van der Waals surface area (Å²) in [7, 11) is 0. The molecule has 0 bridgehead atoms. The summed E-state index contributed by atoms with van der Waals surface area (Å²) < 4.78 is 1.56. The van der Waals surface area contributed by atoms with Crippen LogP contribution in [0.4, 0.5) is 5.69 Å². The lowest BCUT2D eigenvalue weighted by Gasteiger charge is -2.07. The molecule has 2 aromatic carbocycles. The van der Waals surface area contributed by atoms with Crippen LogP contribution in [0.3, 0.4) is 0 Å². The van der Waals surface area contributed by atoms with Gasteiger partial charge in [-0.05, 0) is 46.8 Å². The van der Waals surface area contributed by atoms with Crippen LogP contribution < -0.4 is 5.73 Å². The Labute approximate surface area is 124 Å². The number of rotatable bonds is 2. The van der Waals surface area contributed by atoms with Crippen LogP contribution in [0.1, 0.15) is 0 Å². The number of hydrogen-bond acceptors (Lipinski definition) is 4. The Bertz CT molecular complexity index is 769. The molecule has 1 heterocycles. The summed E-state index contributed by atoms with van der Waals surface area (Å²) in [5.41, 5.74) is 7.93. The van der Waals surface area contributed by atoms with Crippen molar-refractivity contribution in [2.75, 3.05) is 5.73 Å². The van der Waals surface area contributed by atoms with E-state index >= 15 is 0 Å². The molecule has 0 aliphatic carbocycles. The third-order valence-corrected chi connectivity index (χ3v) is 3.25. The summed E-state index contributed by atoms with van der Waals surface area (Å²) in [5, 5.41) is 12.8. The van der Waals surface area contributed by atoms with Crippen LogP contribution in [0.5, 0.6) is 0 Å². The zero-order valence-corrected chi connectivity index (χ0v) is 11.7. The van der Waals surface area contributed by atoms with Crippen molar-refractivity contribution in [1.29, 1.82) is 0 Å². The number of benzene rings is 2. The van der Waals surface area contributed by atoms with Crippen molar-refractivity contribution in [2.24, 2.45) is 0 Å². The molecule has 0 radical (unpaired) electrons. The highest BCUT2D eigenvalue weighted by Crippen LogP contribution is 2.28. The summed E-state index contributed by atoms with van der Waals surface area (Å²) in [5.74, 6) is 0.507. The maximum atomic E-state index is 6.00. The van der Waals surface area contributed by atoms with Gasteiger partial charge in [-0.25, -0.2) is 0 Å². The number of aromatic nitrogens is 4. The quantitative estimate of drug-likeness (QED) is 0.738. The van der Waals surface area contributed by atoms with Gasteiger partial charge in [0.05, 0.1) is 5.69 Å². The van der Waals surface area contributed by atoms with Gasteiger partial charge >= 0.3 is 0 Å². The molecule has 0 fully saturated rings. The van der Waals surface area contributed by atoms with Crippen molar-refractivity contribution < 1.29 is 0 Å². The van der Waals surface area contributed by atoms with E-state index in [2.05, 4.69) is 15.5 Å². The Balaban J connectivity index is 2.18. The van der Waals surface area contributed by atoms with Crippen LogP contribution in [0.15, 0.2) is 42.5 Å². The summed E-state index contributed by atoms with van der Waals surface area (Å²) in [6.45, 7) is 0. The third kappa shape index (κ3) is 2.33. The van der Waals surface area contributed by atoms with Crippen LogP contribution in [0.2, 0.25) is 10.0 Å². The molecule has 0 spiro atoms. The second-order valence-corrected chi connectivity index (χ2v) is 5.00. The molecule has 0 unspecified atom stereocenters. The SMILES string of the molecule is Nc1ccc(Cl)cc1-c1nnnn1-c1cccc(Cl)c1. The van der Waals surface area contributed by atoms with Gasteiger partial charge in [0.15, 0.2) is 5.82 Å². The maximum absolute atomic E-state index is 6.00. The molecule has 100 valence electrons. The number of hydrogen-bond donors (Lipinski definition) is 1. The maximum Gasteiger partial charge on any atom is 0.189 e. The third-order valence-electron chi connectivity index (χ3n) is 2.78. The zero-order chi connectivity index (χ0) is 14.1. The van der Waals surface area contributed by atoms with Gasteiger partial charge in [-0.3, -0.25) is 0 Å². The molecule has 3 aromatic rings. The first-order chi connectivity index (χ1) is 9.65. The lowest BCUT2D eigenvalue weighted by molar-refractivity contribution is 0.791. The van der Waals surface area contributed by atoms with Crippen molar-refractivity contribution in [2.45, 2.75) is 0 Å². The average molecular weight is 306 g/mol. The second kappa shape index (κ2) is 5.11. The highest BCUT2D eigenvalue weighted by Gasteiger charge is 2.14. The molecule has 0 atom stereocenters. The number of anilines is 1. The van der Waals surface area contributed by atoms with Crippen LogP contribution >= 0.6 is 23.2 Å². The lowest BCUT2D eigenvalue weighted by atomic mass is 10.1. The van der Waals surface area contributed by atoms with E-state index in [0.717, 1.165) is 5.69 Å². The van der Waals surface area contributed by atoms with Crippen molar-refractivity contribution in [1.82, 2.24) is 20.2 Å². The van der Waals surface area contributed by atoms with E-state index in [4.69, 9.17) is 28.9 Å². The Morgan fingerprint density at radius 1 is 1.00 bits per heavy atom. The predicted octanol–water partition coefficient (Wildman–Crippen LogP) is 3.22. The standard InChI is InChI=1S/C13H9Cl2N5/c14-8-2-1-3-10(6-8)20-13(17-18-19-20)11-7-9(15)4-5-12(11)16/h1-7H,16H2. The van der Waals surface area contributed by atoms with Gasteiger partial charge in [0.1, 0.15) is 0 Å². The molecule has 5 nitrogen and oxygen atoms in total. The normalized spacial score (nSPS) is 10.7. The highest BCUT2D eigenvalue weighted by molar-refractivity contribution is 6.31. The van der Waals surface area contributed by atoms with Crippen molar-refractivity contribution in [3.8, 4) is 17.1 Å². The fraction of sp³-hybridized carbons (Fsp3) is 0. The first kappa shape index (κ1) is 12.9. The first-order valence-electron chi connectivity index (χ1n) is 5.75. The molecule has 1 aromatic heterocycles. The van der Waals surface area contributed by atoms with Gasteiger partial charge in [0.2, 0.25) is 0 Å². The average Bonchev–Trinajstić information content (AvgIpc) is 2.90. The topological polar surface area (TPSA) is 69.6 Å². The van der Waals surface area contributed by atoms with Crippen molar-refractivity contribution in [3.05, 3.63) is 52.5 Å². The molecule has 0 saturated carbocycles. The van der Waals surface area contributed by atoms with Crippen LogP contribution in [0, 0.1) is 0 Å².